The number of carbonyl (C=O) groups is 1. The molecule has 28 heavy (non-hydrogen) atoms. The Labute approximate surface area is 164 Å². The number of pyridine rings is 1. The zero-order valence-electron chi connectivity index (χ0n) is 16.0. The molecule has 1 aliphatic heterocycles. The van der Waals surface area contributed by atoms with Crippen LogP contribution in [0.3, 0.4) is 0 Å². The molecule has 2 aliphatic rings. The number of hydrogen-bond donors (Lipinski definition) is 2. The van der Waals surface area contributed by atoms with Gasteiger partial charge in [0.05, 0.1) is 16.9 Å². The summed E-state index contributed by atoms with van der Waals surface area (Å²) in [5, 5.41) is 8.07. The number of hydrogen-bond acceptors (Lipinski definition) is 6. The highest BCUT2D eigenvalue weighted by molar-refractivity contribution is 6.20. The fraction of sp³-hybridized carbons (Fsp3) is 0.381. The minimum Gasteiger partial charge on any atom is -0.397 e. The average molecular weight is 378 g/mol. The van der Waals surface area contributed by atoms with Crippen LogP contribution < -0.4 is 11.1 Å². The van der Waals surface area contributed by atoms with E-state index < -0.39 is 0 Å². The van der Waals surface area contributed by atoms with Crippen LogP contribution in [-0.2, 0) is 4.79 Å². The van der Waals surface area contributed by atoms with E-state index in [4.69, 9.17) is 10.7 Å². The first-order valence-electron chi connectivity index (χ1n) is 9.92. The predicted molar refractivity (Wildman–Crippen MR) is 112 cm³/mol. The molecule has 1 aliphatic carbocycles. The van der Waals surface area contributed by atoms with Gasteiger partial charge >= 0.3 is 0 Å². The Morgan fingerprint density at radius 2 is 2.04 bits per heavy atom. The maximum Gasteiger partial charge on any atom is 0.180 e. The van der Waals surface area contributed by atoms with Crippen molar-refractivity contribution in [2.75, 3.05) is 31.5 Å². The number of anilines is 1. The summed E-state index contributed by atoms with van der Waals surface area (Å²) in [6.07, 6.45) is 11.5. The van der Waals surface area contributed by atoms with Crippen LogP contribution in [0.4, 0.5) is 11.5 Å². The maximum absolute atomic E-state index is 11.5. The lowest BCUT2D eigenvalue weighted by atomic mass is 10.1. The molecule has 1 saturated heterocycles. The molecule has 7 nitrogen and oxygen atoms in total. The minimum atomic E-state index is -0.118. The van der Waals surface area contributed by atoms with E-state index in [0.29, 0.717) is 11.4 Å². The molecule has 4 rings (SSSR count). The lowest BCUT2D eigenvalue weighted by molar-refractivity contribution is -0.110. The van der Waals surface area contributed by atoms with Crippen LogP contribution in [0.25, 0.3) is 5.52 Å². The van der Waals surface area contributed by atoms with Gasteiger partial charge in [-0.3, -0.25) is 4.79 Å². The van der Waals surface area contributed by atoms with E-state index in [1.54, 1.807) is 6.08 Å². The molecule has 0 spiro atoms. The largest absolute Gasteiger partial charge is 0.397 e. The number of aliphatic imine (C=N–C) groups is 1. The van der Waals surface area contributed by atoms with Gasteiger partial charge in [0.15, 0.2) is 11.6 Å². The van der Waals surface area contributed by atoms with Crippen molar-refractivity contribution in [3.05, 3.63) is 48.3 Å². The van der Waals surface area contributed by atoms with Gasteiger partial charge in [0, 0.05) is 18.8 Å². The summed E-state index contributed by atoms with van der Waals surface area (Å²) >= 11 is 0. The SMILES string of the molecule is NC1=CC(=O)C=C/C1=N\c1c(NCCCN2CCCCC2)nn2ccccc12. The Morgan fingerprint density at radius 1 is 1.18 bits per heavy atom. The first-order valence-corrected chi connectivity index (χ1v) is 9.92. The topological polar surface area (TPSA) is 88.0 Å². The molecule has 146 valence electrons. The van der Waals surface area contributed by atoms with Crippen LogP contribution in [0.2, 0.25) is 0 Å². The van der Waals surface area contributed by atoms with E-state index in [1.165, 1.54) is 44.5 Å². The van der Waals surface area contributed by atoms with Gasteiger partial charge in [0.1, 0.15) is 5.69 Å². The van der Waals surface area contributed by atoms with Crippen LogP contribution in [0, 0.1) is 0 Å². The minimum absolute atomic E-state index is 0.118. The fourth-order valence-corrected chi connectivity index (χ4v) is 3.66. The van der Waals surface area contributed by atoms with Gasteiger partial charge in [0.25, 0.3) is 0 Å². The predicted octanol–water partition coefficient (Wildman–Crippen LogP) is 2.68. The molecular weight excluding hydrogens is 352 g/mol. The van der Waals surface area contributed by atoms with Crippen molar-refractivity contribution in [1.29, 1.82) is 0 Å². The monoisotopic (exact) mass is 378 g/mol. The highest BCUT2D eigenvalue weighted by Gasteiger charge is 2.15. The summed E-state index contributed by atoms with van der Waals surface area (Å²) in [4.78, 5) is 18.7. The maximum atomic E-state index is 11.5. The number of fused-ring (bicyclic) bond motifs is 1. The summed E-state index contributed by atoms with van der Waals surface area (Å²) in [6.45, 7) is 4.36. The number of carbonyl (C=O) groups excluding carboxylic acids is 1. The highest BCUT2D eigenvalue weighted by atomic mass is 16.1. The van der Waals surface area contributed by atoms with Crippen molar-refractivity contribution in [1.82, 2.24) is 14.5 Å². The van der Waals surface area contributed by atoms with Crippen LogP contribution in [0.5, 0.6) is 0 Å². The van der Waals surface area contributed by atoms with Gasteiger partial charge in [-0.25, -0.2) is 9.51 Å². The van der Waals surface area contributed by atoms with Crippen molar-refractivity contribution < 1.29 is 4.79 Å². The third-order valence-electron chi connectivity index (χ3n) is 5.14. The number of ketones is 1. The molecule has 0 unspecified atom stereocenters. The number of nitrogens with one attached hydrogen (secondary N) is 1. The van der Waals surface area contributed by atoms with E-state index in [2.05, 4.69) is 15.3 Å². The van der Waals surface area contributed by atoms with Crippen molar-refractivity contribution in [3.8, 4) is 0 Å². The van der Waals surface area contributed by atoms with Gasteiger partial charge < -0.3 is 16.0 Å². The Hall–Kier alpha value is -2.93. The quantitative estimate of drug-likeness (QED) is 0.596. The number of likely N-dealkylation sites (tertiary alicyclic amines) is 1. The Balaban J connectivity index is 1.51. The molecule has 7 heteroatoms. The molecule has 0 aromatic carbocycles. The molecule has 0 atom stereocenters. The molecule has 0 saturated carbocycles. The first-order chi connectivity index (χ1) is 13.7. The zero-order valence-corrected chi connectivity index (χ0v) is 16.0. The van der Waals surface area contributed by atoms with E-state index in [0.717, 1.165) is 36.5 Å². The number of nitrogens with two attached hydrogens (primary N) is 1. The van der Waals surface area contributed by atoms with Crippen LogP contribution in [0.1, 0.15) is 25.7 Å². The number of piperidine rings is 1. The lowest BCUT2D eigenvalue weighted by Crippen LogP contribution is -2.31. The third kappa shape index (κ3) is 4.14. The Kier molecular flexibility index (Phi) is 5.53. The number of rotatable bonds is 6. The third-order valence-corrected chi connectivity index (χ3v) is 5.14. The highest BCUT2D eigenvalue weighted by Crippen LogP contribution is 2.30. The smallest absolute Gasteiger partial charge is 0.180 e. The molecule has 0 bridgehead atoms. The Morgan fingerprint density at radius 3 is 2.86 bits per heavy atom. The van der Waals surface area contributed by atoms with Gasteiger partial charge in [-0.2, -0.15) is 0 Å². The molecule has 3 heterocycles. The van der Waals surface area contributed by atoms with Crippen LogP contribution in [0.15, 0.2) is 53.3 Å². The van der Waals surface area contributed by atoms with E-state index in [1.807, 2.05) is 28.9 Å². The number of allylic oxidation sites excluding steroid dienone is 3. The van der Waals surface area contributed by atoms with E-state index in [9.17, 15) is 4.79 Å². The average Bonchev–Trinajstić information content (AvgIpc) is 3.06. The standard InChI is InChI=1S/C21H26N6O/c22-17-15-16(28)8-9-18(17)24-20-19-7-2-5-14-27(19)25-21(20)23-10-6-13-26-11-3-1-4-12-26/h2,5,7-9,14-15H,1,3-4,6,10-13,22H2,(H,23,25)/b24-18+. The van der Waals surface area contributed by atoms with Crippen molar-refractivity contribution in [2.45, 2.75) is 25.7 Å². The molecule has 0 amide bonds. The normalized spacial score (nSPS) is 19.4. The summed E-state index contributed by atoms with van der Waals surface area (Å²) in [6, 6.07) is 5.87. The second-order valence-electron chi connectivity index (χ2n) is 7.24. The molecule has 3 N–H and O–H groups in total. The van der Waals surface area contributed by atoms with Gasteiger partial charge in [-0.1, -0.05) is 12.5 Å². The molecule has 0 radical (unpaired) electrons. The fourth-order valence-electron chi connectivity index (χ4n) is 3.66. The van der Waals surface area contributed by atoms with E-state index in [-0.39, 0.29) is 5.78 Å². The zero-order chi connectivity index (χ0) is 19.3. The molecular formula is C21H26N6O. The van der Waals surface area contributed by atoms with Gasteiger partial charge in [-0.05, 0) is 63.2 Å². The van der Waals surface area contributed by atoms with Gasteiger partial charge in [0.2, 0.25) is 0 Å². The number of nitrogens with zero attached hydrogens (tertiary/aromatic N) is 4. The summed E-state index contributed by atoms with van der Waals surface area (Å²) in [7, 11) is 0. The second-order valence-corrected chi connectivity index (χ2v) is 7.24. The van der Waals surface area contributed by atoms with Crippen LogP contribution in [-0.4, -0.2) is 52.2 Å². The summed E-state index contributed by atoms with van der Waals surface area (Å²) in [5.74, 6) is 0.614. The molecule has 1 fully saturated rings. The summed E-state index contributed by atoms with van der Waals surface area (Å²) in [5.41, 5.74) is 8.58. The van der Waals surface area contributed by atoms with Crippen LogP contribution >= 0.6 is 0 Å². The van der Waals surface area contributed by atoms with Crippen molar-refractivity contribution in [2.24, 2.45) is 10.7 Å². The molecule has 2 aromatic heterocycles. The lowest BCUT2D eigenvalue weighted by Gasteiger charge is -2.26. The molecule has 2 aromatic rings. The summed E-state index contributed by atoms with van der Waals surface area (Å²) < 4.78 is 1.81. The number of aromatic nitrogens is 2. The van der Waals surface area contributed by atoms with Gasteiger partial charge in [-0.15, -0.1) is 5.10 Å². The second kappa shape index (κ2) is 8.39. The Bertz CT molecular complexity index is 949. The van der Waals surface area contributed by atoms with E-state index >= 15 is 0 Å². The first kappa shape index (κ1) is 18.4. The van der Waals surface area contributed by atoms with Crippen molar-refractivity contribution in [3.63, 3.8) is 0 Å². The van der Waals surface area contributed by atoms with Crippen molar-refractivity contribution >= 4 is 28.5 Å².